The van der Waals surface area contributed by atoms with E-state index in [-0.39, 0.29) is 15.6 Å². The van der Waals surface area contributed by atoms with Gasteiger partial charge in [0.05, 0.1) is 14.8 Å². The first-order valence-electron chi connectivity index (χ1n) is 7.23. The Morgan fingerprint density at radius 3 is 2.08 bits per heavy atom. The normalized spacial score (nSPS) is 11.8. The lowest BCUT2D eigenvalue weighted by atomic mass is 10.1. The molecule has 7 heteroatoms. The van der Waals surface area contributed by atoms with Gasteiger partial charge in [-0.05, 0) is 55.1 Å². The minimum absolute atomic E-state index is 0.0133. The molecule has 0 atom stereocenters. The molecule has 0 unspecified atom stereocenters. The number of alkyl halides is 3. The van der Waals surface area contributed by atoms with E-state index in [0.717, 1.165) is 5.56 Å². The van der Waals surface area contributed by atoms with Crippen LogP contribution in [0, 0.1) is 0 Å². The van der Waals surface area contributed by atoms with Crippen LogP contribution in [-0.4, -0.2) is 4.57 Å². The van der Waals surface area contributed by atoms with E-state index in [1.165, 1.54) is 0 Å². The smallest absolute Gasteiger partial charge is 0.329 e. The highest BCUT2D eigenvalue weighted by atomic mass is 79.9. The molecule has 130 valence electrons. The molecule has 0 saturated heterocycles. The second-order valence-corrected chi connectivity index (χ2v) is 7.39. The second-order valence-electron chi connectivity index (χ2n) is 5.40. The Labute approximate surface area is 164 Å². The van der Waals surface area contributed by atoms with Gasteiger partial charge in [0.2, 0.25) is 0 Å². The summed E-state index contributed by atoms with van der Waals surface area (Å²) in [4.78, 5) is 0. The maximum atomic E-state index is 13.5. The van der Waals surface area contributed by atoms with Gasteiger partial charge in [-0.15, -0.1) is 0 Å². The Morgan fingerprint density at radius 2 is 1.52 bits per heavy atom. The van der Waals surface area contributed by atoms with Crippen molar-refractivity contribution in [2.24, 2.45) is 0 Å². The Kier molecular flexibility index (Phi) is 5.32. The van der Waals surface area contributed by atoms with Crippen LogP contribution in [0.1, 0.15) is 11.1 Å². The van der Waals surface area contributed by atoms with Crippen molar-refractivity contribution < 1.29 is 13.2 Å². The lowest BCUT2D eigenvalue weighted by Crippen LogP contribution is -2.07. The molecule has 0 saturated carbocycles. The molecule has 0 radical (unpaired) electrons. The summed E-state index contributed by atoms with van der Waals surface area (Å²) in [5, 5.41) is 0.579. The van der Waals surface area contributed by atoms with Gasteiger partial charge in [0, 0.05) is 11.6 Å². The average Bonchev–Trinajstić information content (AvgIpc) is 2.80. The average molecular weight is 494 g/mol. The fourth-order valence-electron chi connectivity index (χ4n) is 2.60. The Hall–Kier alpha value is -1.24. The number of benzene rings is 2. The van der Waals surface area contributed by atoms with Gasteiger partial charge in [-0.1, -0.05) is 54.1 Å². The van der Waals surface area contributed by atoms with Gasteiger partial charge in [0.1, 0.15) is 5.56 Å². The maximum absolute atomic E-state index is 13.5. The predicted octanol–water partition coefficient (Wildman–Crippen LogP) is 7.40. The molecule has 1 aromatic heterocycles. The molecule has 1 nitrogen and oxygen atoms in total. The van der Waals surface area contributed by atoms with E-state index in [1.807, 2.05) is 6.07 Å². The van der Waals surface area contributed by atoms with Gasteiger partial charge in [-0.2, -0.15) is 13.2 Å². The zero-order chi connectivity index (χ0) is 18.2. The third kappa shape index (κ3) is 3.81. The van der Waals surface area contributed by atoms with Crippen molar-refractivity contribution in [1.29, 1.82) is 0 Å². The van der Waals surface area contributed by atoms with Crippen molar-refractivity contribution >= 4 is 43.5 Å². The van der Waals surface area contributed by atoms with E-state index in [1.54, 1.807) is 53.1 Å². The first-order valence-corrected chi connectivity index (χ1v) is 9.20. The van der Waals surface area contributed by atoms with Crippen molar-refractivity contribution in [3.63, 3.8) is 0 Å². The van der Waals surface area contributed by atoms with E-state index < -0.39 is 11.7 Å². The molecule has 0 fully saturated rings. The van der Waals surface area contributed by atoms with E-state index in [4.69, 9.17) is 11.6 Å². The molecular weight excluding hydrogens is 482 g/mol. The van der Waals surface area contributed by atoms with Gasteiger partial charge < -0.3 is 4.57 Å². The van der Waals surface area contributed by atoms with Gasteiger partial charge >= 0.3 is 6.18 Å². The molecule has 0 aliphatic carbocycles. The van der Waals surface area contributed by atoms with Crippen molar-refractivity contribution in [3.05, 3.63) is 79.8 Å². The van der Waals surface area contributed by atoms with Crippen molar-refractivity contribution in [2.75, 3.05) is 0 Å². The summed E-state index contributed by atoms with van der Waals surface area (Å²) in [5.74, 6) is 0. The Balaban J connectivity index is 2.20. The number of aromatic nitrogens is 1. The highest BCUT2D eigenvalue weighted by molar-refractivity contribution is 9.11. The summed E-state index contributed by atoms with van der Waals surface area (Å²) in [6.45, 7) is 0.274. The van der Waals surface area contributed by atoms with Gasteiger partial charge in [0.25, 0.3) is 0 Å². The number of halogens is 6. The minimum atomic E-state index is -4.48. The van der Waals surface area contributed by atoms with Crippen LogP contribution in [0.5, 0.6) is 0 Å². The fraction of sp³-hybridized carbons (Fsp3) is 0.111. The molecular formula is C18H11Br2ClF3N. The zero-order valence-electron chi connectivity index (χ0n) is 12.6. The van der Waals surface area contributed by atoms with E-state index in [0.29, 0.717) is 16.3 Å². The summed E-state index contributed by atoms with van der Waals surface area (Å²) in [5.41, 5.74) is 1.29. The van der Waals surface area contributed by atoms with Crippen LogP contribution in [0.4, 0.5) is 13.2 Å². The van der Waals surface area contributed by atoms with Crippen LogP contribution in [0.2, 0.25) is 5.02 Å². The zero-order valence-corrected chi connectivity index (χ0v) is 16.5. The second kappa shape index (κ2) is 7.17. The van der Waals surface area contributed by atoms with Gasteiger partial charge in [0.15, 0.2) is 0 Å². The summed E-state index contributed by atoms with van der Waals surface area (Å²) in [6, 6.07) is 16.0. The number of hydrogen-bond acceptors (Lipinski definition) is 0. The lowest BCUT2D eigenvalue weighted by molar-refractivity contribution is -0.138. The molecule has 3 aromatic rings. The van der Waals surface area contributed by atoms with Crippen molar-refractivity contribution in [2.45, 2.75) is 12.7 Å². The van der Waals surface area contributed by atoms with E-state index >= 15 is 0 Å². The van der Waals surface area contributed by atoms with Crippen LogP contribution >= 0.6 is 43.5 Å². The molecule has 0 spiro atoms. The molecule has 0 N–H and O–H groups in total. The van der Waals surface area contributed by atoms with Crippen LogP contribution in [0.25, 0.3) is 11.3 Å². The Bertz CT molecular complexity index is 887. The molecule has 0 bridgehead atoms. The molecule has 3 rings (SSSR count). The molecule has 0 amide bonds. The SMILES string of the molecule is FC(F)(F)c1c(Br)c(-c2ccccc2)n(Cc2ccc(Cl)cc2)c1Br. The maximum Gasteiger partial charge on any atom is 0.420 e. The first-order chi connectivity index (χ1) is 11.8. The number of nitrogens with zero attached hydrogens (tertiary/aromatic N) is 1. The lowest BCUT2D eigenvalue weighted by Gasteiger charge is -2.12. The fourth-order valence-corrected chi connectivity index (χ4v) is 4.57. The summed E-state index contributed by atoms with van der Waals surface area (Å²) < 4.78 is 42.2. The summed E-state index contributed by atoms with van der Waals surface area (Å²) in [7, 11) is 0. The van der Waals surface area contributed by atoms with Crippen LogP contribution in [-0.2, 0) is 12.7 Å². The quantitative estimate of drug-likeness (QED) is 0.358. The van der Waals surface area contributed by atoms with E-state index in [9.17, 15) is 13.2 Å². The molecule has 0 aliphatic heterocycles. The summed E-state index contributed by atoms with van der Waals surface area (Å²) >= 11 is 12.2. The highest BCUT2D eigenvalue weighted by Crippen LogP contribution is 2.46. The van der Waals surface area contributed by atoms with Crippen molar-refractivity contribution in [1.82, 2.24) is 4.57 Å². The van der Waals surface area contributed by atoms with E-state index in [2.05, 4.69) is 31.9 Å². The van der Waals surface area contributed by atoms with Crippen molar-refractivity contribution in [3.8, 4) is 11.3 Å². The Morgan fingerprint density at radius 1 is 0.920 bits per heavy atom. The predicted molar refractivity (Wildman–Crippen MR) is 101 cm³/mol. The molecule has 25 heavy (non-hydrogen) atoms. The number of rotatable bonds is 3. The monoisotopic (exact) mass is 491 g/mol. The molecule has 0 aliphatic rings. The topological polar surface area (TPSA) is 4.93 Å². The number of hydrogen-bond donors (Lipinski definition) is 0. The third-order valence-electron chi connectivity index (χ3n) is 3.73. The van der Waals surface area contributed by atoms with Crippen LogP contribution in [0.3, 0.4) is 0 Å². The van der Waals surface area contributed by atoms with Crippen LogP contribution in [0.15, 0.2) is 63.7 Å². The first kappa shape index (κ1) is 18.5. The van der Waals surface area contributed by atoms with Crippen LogP contribution < -0.4 is 0 Å². The summed E-state index contributed by atoms with van der Waals surface area (Å²) in [6.07, 6.45) is -4.48. The van der Waals surface area contributed by atoms with Gasteiger partial charge in [-0.25, -0.2) is 0 Å². The molecule has 1 heterocycles. The highest BCUT2D eigenvalue weighted by Gasteiger charge is 2.40. The minimum Gasteiger partial charge on any atom is -0.329 e. The standard InChI is InChI=1S/C18H11Br2ClF3N/c19-15-14(18(22,23)24)17(20)25(10-11-6-8-13(21)9-7-11)16(15)12-4-2-1-3-5-12/h1-9H,10H2. The third-order valence-corrected chi connectivity index (χ3v) is 5.57. The van der Waals surface area contributed by atoms with Gasteiger partial charge in [-0.3, -0.25) is 0 Å². The largest absolute Gasteiger partial charge is 0.420 e. The molecule has 2 aromatic carbocycles.